The second kappa shape index (κ2) is 10.7. The number of nitrogens with two attached hydrogens (primary N) is 1. The smallest absolute Gasteiger partial charge is 0.354 e. The van der Waals surface area contributed by atoms with Crippen LogP contribution in [0.15, 0.2) is 66.2 Å². The molecule has 2 aromatic carbocycles. The molecule has 0 atom stereocenters. The third-order valence-corrected chi connectivity index (χ3v) is 4.58. The van der Waals surface area contributed by atoms with Gasteiger partial charge in [0.25, 0.3) is 0 Å². The maximum absolute atomic E-state index is 11.1. The number of nitriles is 3. The summed E-state index contributed by atoms with van der Waals surface area (Å²) in [5.74, 6) is -1.14. The van der Waals surface area contributed by atoms with Gasteiger partial charge in [0, 0.05) is 14.1 Å². The molecule has 0 bridgehead atoms. The van der Waals surface area contributed by atoms with Crippen molar-refractivity contribution < 1.29 is 9.90 Å². The van der Waals surface area contributed by atoms with E-state index in [0.717, 1.165) is 11.1 Å². The number of nitrogen functional groups attached to an aromatic ring is 1. The van der Waals surface area contributed by atoms with Crippen LogP contribution < -0.4 is 11.1 Å². The van der Waals surface area contributed by atoms with Crippen molar-refractivity contribution in [3.8, 4) is 29.5 Å². The van der Waals surface area contributed by atoms with E-state index in [0.29, 0.717) is 11.4 Å². The van der Waals surface area contributed by atoms with Crippen molar-refractivity contribution in [2.24, 2.45) is 7.05 Å². The summed E-state index contributed by atoms with van der Waals surface area (Å²) >= 11 is 0. The second-order valence-electron chi connectivity index (χ2n) is 6.42. The number of nitrogens with zero attached hydrogens (tertiary/aromatic N) is 4. The maximum atomic E-state index is 11.1. The Balaban J connectivity index is 0.000000235. The standard InChI is InChI=1S/C13H11N3O2.C11H9N3/c1-16-11(8-5-3-2-4-6-8)9(7-14)10(15)12(16)13(17)18;1-14-11(10(7-12)8-13)9-5-3-2-4-6-9/h2-6H,15H2,1H3,(H,17,18);2-6,14H,1H3. The minimum atomic E-state index is -1.14. The average Bonchev–Trinajstić information content (AvgIpc) is 3.08. The van der Waals surface area contributed by atoms with Crippen LogP contribution >= 0.6 is 0 Å². The zero-order valence-electron chi connectivity index (χ0n) is 17.5. The molecule has 0 fully saturated rings. The lowest BCUT2D eigenvalue weighted by atomic mass is 10.1. The Morgan fingerprint density at radius 2 is 1.53 bits per heavy atom. The van der Waals surface area contributed by atoms with Gasteiger partial charge in [-0.3, -0.25) is 0 Å². The van der Waals surface area contributed by atoms with Crippen LogP contribution in [0, 0.1) is 34.0 Å². The number of allylic oxidation sites excluding steroid dienone is 1. The van der Waals surface area contributed by atoms with E-state index in [2.05, 4.69) is 5.32 Å². The van der Waals surface area contributed by atoms with Gasteiger partial charge in [0.2, 0.25) is 0 Å². The highest BCUT2D eigenvalue weighted by atomic mass is 16.4. The Morgan fingerprint density at radius 3 is 1.97 bits per heavy atom. The van der Waals surface area contributed by atoms with Crippen LogP contribution in [0.5, 0.6) is 0 Å². The van der Waals surface area contributed by atoms with Crippen LogP contribution in [-0.4, -0.2) is 22.7 Å². The first-order valence-corrected chi connectivity index (χ1v) is 9.35. The number of anilines is 1. The summed E-state index contributed by atoms with van der Waals surface area (Å²) < 4.78 is 1.44. The predicted molar refractivity (Wildman–Crippen MR) is 121 cm³/mol. The van der Waals surface area contributed by atoms with Crippen molar-refractivity contribution >= 4 is 17.4 Å². The van der Waals surface area contributed by atoms with Crippen LogP contribution in [0.3, 0.4) is 0 Å². The Labute approximate surface area is 185 Å². The zero-order chi connectivity index (χ0) is 23.7. The van der Waals surface area contributed by atoms with Gasteiger partial charge in [0.05, 0.1) is 17.1 Å². The molecule has 1 heterocycles. The molecule has 0 saturated heterocycles. The highest BCUT2D eigenvalue weighted by Gasteiger charge is 2.24. The number of aromatic carboxylic acids is 1. The summed E-state index contributed by atoms with van der Waals surface area (Å²) in [7, 11) is 3.28. The van der Waals surface area contributed by atoms with E-state index >= 15 is 0 Å². The van der Waals surface area contributed by atoms with Crippen molar-refractivity contribution in [2.45, 2.75) is 0 Å². The number of carboxylic acid groups (broad SMARTS) is 1. The Morgan fingerprint density at radius 1 is 1.00 bits per heavy atom. The van der Waals surface area contributed by atoms with Crippen molar-refractivity contribution in [1.29, 1.82) is 15.8 Å². The minimum absolute atomic E-state index is 0.00588. The van der Waals surface area contributed by atoms with Crippen molar-refractivity contribution in [3.05, 3.63) is 83.1 Å². The normalized spacial score (nSPS) is 9.22. The summed E-state index contributed by atoms with van der Waals surface area (Å²) in [6.45, 7) is 0. The topological polar surface area (TPSA) is 152 Å². The molecule has 0 spiro atoms. The van der Waals surface area contributed by atoms with Crippen molar-refractivity contribution in [1.82, 2.24) is 9.88 Å². The Bertz CT molecular complexity index is 1250. The van der Waals surface area contributed by atoms with Gasteiger partial charge in [0.1, 0.15) is 23.8 Å². The van der Waals surface area contributed by atoms with Gasteiger partial charge in [-0.1, -0.05) is 60.7 Å². The summed E-state index contributed by atoms with van der Waals surface area (Å²) in [5.41, 5.74) is 8.65. The van der Waals surface area contributed by atoms with Crippen LogP contribution in [0.2, 0.25) is 0 Å². The molecular weight excluding hydrogens is 404 g/mol. The Hall–Kier alpha value is -5.00. The van der Waals surface area contributed by atoms with E-state index in [4.69, 9.17) is 26.6 Å². The molecule has 0 aliphatic heterocycles. The molecule has 1 aromatic heterocycles. The van der Waals surface area contributed by atoms with Gasteiger partial charge < -0.3 is 20.7 Å². The van der Waals surface area contributed by atoms with Crippen molar-refractivity contribution in [2.75, 3.05) is 12.8 Å². The number of aromatic nitrogens is 1. The number of carbonyl (C=O) groups is 1. The van der Waals surface area contributed by atoms with Gasteiger partial charge in [-0.2, -0.15) is 15.8 Å². The molecule has 0 radical (unpaired) electrons. The largest absolute Gasteiger partial charge is 0.477 e. The molecule has 3 aromatic rings. The zero-order valence-corrected chi connectivity index (χ0v) is 17.5. The Kier molecular flexibility index (Phi) is 7.77. The van der Waals surface area contributed by atoms with E-state index in [1.165, 1.54) is 4.57 Å². The van der Waals surface area contributed by atoms with Gasteiger partial charge in [0.15, 0.2) is 11.3 Å². The van der Waals surface area contributed by atoms with E-state index in [1.54, 1.807) is 26.2 Å². The number of hydrogen-bond donors (Lipinski definition) is 3. The first kappa shape index (κ1) is 23.3. The highest BCUT2D eigenvalue weighted by molar-refractivity contribution is 5.97. The number of carboxylic acids is 1. The van der Waals surface area contributed by atoms with E-state index in [9.17, 15) is 4.79 Å². The van der Waals surface area contributed by atoms with Gasteiger partial charge in [-0.25, -0.2) is 4.79 Å². The summed E-state index contributed by atoms with van der Waals surface area (Å²) in [4.78, 5) is 11.1. The molecule has 0 aliphatic carbocycles. The first-order valence-electron chi connectivity index (χ1n) is 9.35. The number of nitrogens with one attached hydrogen (secondary N) is 1. The van der Waals surface area contributed by atoms with E-state index in [1.807, 2.05) is 66.7 Å². The molecular formula is C24H20N6O2. The molecule has 8 nitrogen and oxygen atoms in total. The van der Waals surface area contributed by atoms with Gasteiger partial charge in [-0.05, 0) is 11.1 Å². The van der Waals surface area contributed by atoms with Crippen LogP contribution in [-0.2, 0) is 7.05 Å². The molecule has 0 saturated carbocycles. The first-order chi connectivity index (χ1) is 15.4. The molecule has 0 amide bonds. The lowest BCUT2D eigenvalue weighted by Gasteiger charge is -2.05. The van der Waals surface area contributed by atoms with E-state index in [-0.39, 0.29) is 22.5 Å². The van der Waals surface area contributed by atoms with E-state index < -0.39 is 5.97 Å². The average molecular weight is 424 g/mol. The fraction of sp³-hybridized carbons (Fsp3) is 0.0833. The lowest BCUT2D eigenvalue weighted by Crippen LogP contribution is -2.07. The monoisotopic (exact) mass is 424 g/mol. The highest BCUT2D eigenvalue weighted by Crippen LogP contribution is 2.32. The van der Waals surface area contributed by atoms with Crippen LogP contribution in [0.1, 0.15) is 21.6 Å². The minimum Gasteiger partial charge on any atom is -0.477 e. The molecule has 158 valence electrons. The van der Waals surface area contributed by atoms with Crippen molar-refractivity contribution in [3.63, 3.8) is 0 Å². The SMILES string of the molecule is CNC(=C(C#N)C#N)c1ccccc1.Cn1c(C(=O)O)c(N)c(C#N)c1-c1ccccc1. The second-order valence-corrected chi connectivity index (χ2v) is 6.42. The molecule has 0 unspecified atom stereocenters. The van der Waals surface area contributed by atoms with Gasteiger partial charge in [-0.15, -0.1) is 0 Å². The third kappa shape index (κ3) is 4.76. The van der Waals surface area contributed by atoms with Crippen LogP contribution in [0.4, 0.5) is 5.69 Å². The summed E-state index contributed by atoms with van der Waals surface area (Å²) in [6, 6.07) is 24.1. The number of benzene rings is 2. The van der Waals surface area contributed by atoms with Gasteiger partial charge >= 0.3 is 5.97 Å². The quantitative estimate of drug-likeness (QED) is 0.542. The fourth-order valence-corrected chi connectivity index (χ4v) is 3.17. The maximum Gasteiger partial charge on any atom is 0.354 e. The lowest BCUT2D eigenvalue weighted by molar-refractivity contribution is 0.0688. The fourth-order valence-electron chi connectivity index (χ4n) is 3.17. The number of hydrogen-bond acceptors (Lipinski definition) is 6. The molecule has 4 N–H and O–H groups in total. The van der Waals surface area contributed by atoms with Crippen LogP contribution in [0.25, 0.3) is 17.0 Å². The summed E-state index contributed by atoms with van der Waals surface area (Å²) in [6.07, 6.45) is 0. The molecule has 0 aliphatic rings. The molecule has 8 heteroatoms. The predicted octanol–water partition coefficient (Wildman–Crippen LogP) is 3.51. The summed E-state index contributed by atoms with van der Waals surface area (Å²) in [5, 5.41) is 38.6. The number of rotatable bonds is 4. The third-order valence-electron chi connectivity index (χ3n) is 4.58. The molecule has 3 rings (SSSR count). The molecule has 32 heavy (non-hydrogen) atoms.